The molecule has 0 amide bonds. The standard InChI is InChI=1S/C14H13ClN2/c1-10-2-8-13(9-3-10)17-14(16)11-4-6-12(15)7-5-11/h2-9H,1H3,(H2,16,17). The molecule has 17 heavy (non-hydrogen) atoms. The molecule has 0 heterocycles. The van der Waals surface area contributed by atoms with Gasteiger partial charge in [0.2, 0.25) is 0 Å². The van der Waals surface area contributed by atoms with Crippen LogP contribution in [0.2, 0.25) is 5.02 Å². The average molecular weight is 245 g/mol. The van der Waals surface area contributed by atoms with Gasteiger partial charge in [-0.1, -0.05) is 29.3 Å². The molecule has 0 fully saturated rings. The highest BCUT2D eigenvalue weighted by molar-refractivity contribution is 6.30. The van der Waals surface area contributed by atoms with Crippen molar-refractivity contribution in [2.45, 2.75) is 6.92 Å². The lowest BCUT2D eigenvalue weighted by molar-refractivity contribution is 1.41. The topological polar surface area (TPSA) is 38.4 Å². The molecular weight excluding hydrogens is 232 g/mol. The number of aryl methyl sites for hydroxylation is 1. The van der Waals surface area contributed by atoms with Crippen LogP contribution in [0.3, 0.4) is 0 Å². The Morgan fingerprint density at radius 1 is 1.00 bits per heavy atom. The molecule has 0 aliphatic rings. The van der Waals surface area contributed by atoms with Gasteiger partial charge in [0.15, 0.2) is 0 Å². The first kappa shape index (κ1) is 11.7. The van der Waals surface area contributed by atoms with Crippen molar-refractivity contribution in [2.75, 3.05) is 0 Å². The van der Waals surface area contributed by atoms with E-state index in [1.807, 2.05) is 43.3 Å². The summed E-state index contributed by atoms with van der Waals surface area (Å²) in [6.45, 7) is 2.04. The Hall–Kier alpha value is -1.80. The SMILES string of the molecule is Cc1ccc(N=C(N)c2ccc(Cl)cc2)cc1. The summed E-state index contributed by atoms with van der Waals surface area (Å²) in [5.74, 6) is 0.491. The summed E-state index contributed by atoms with van der Waals surface area (Å²) >= 11 is 5.81. The number of hydrogen-bond donors (Lipinski definition) is 1. The number of halogens is 1. The van der Waals surface area contributed by atoms with E-state index in [4.69, 9.17) is 17.3 Å². The molecule has 2 N–H and O–H groups in total. The summed E-state index contributed by atoms with van der Waals surface area (Å²) in [6, 6.07) is 15.2. The second-order valence-corrected chi connectivity index (χ2v) is 4.28. The van der Waals surface area contributed by atoms with Gasteiger partial charge in [-0.15, -0.1) is 0 Å². The van der Waals surface area contributed by atoms with E-state index < -0.39 is 0 Å². The van der Waals surface area contributed by atoms with Gasteiger partial charge in [-0.05, 0) is 43.3 Å². The van der Waals surface area contributed by atoms with Crippen LogP contribution in [0.15, 0.2) is 53.5 Å². The maximum atomic E-state index is 5.92. The van der Waals surface area contributed by atoms with Gasteiger partial charge in [-0.25, -0.2) is 4.99 Å². The zero-order valence-electron chi connectivity index (χ0n) is 9.52. The normalized spacial score (nSPS) is 11.5. The molecule has 0 unspecified atom stereocenters. The third kappa shape index (κ3) is 3.08. The molecule has 0 bridgehead atoms. The van der Waals surface area contributed by atoms with Gasteiger partial charge in [-0.2, -0.15) is 0 Å². The number of hydrogen-bond acceptors (Lipinski definition) is 1. The van der Waals surface area contributed by atoms with Crippen molar-refractivity contribution < 1.29 is 0 Å². The van der Waals surface area contributed by atoms with Crippen molar-refractivity contribution >= 4 is 23.1 Å². The lowest BCUT2D eigenvalue weighted by Crippen LogP contribution is -2.12. The number of amidine groups is 1. The van der Waals surface area contributed by atoms with Crippen LogP contribution >= 0.6 is 11.6 Å². The molecule has 2 rings (SSSR count). The van der Waals surface area contributed by atoms with Crippen molar-refractivity contribution in [3.63, 3.8) is 0 Å². The molecule has 2 nitrogen and oxygen atoms in total. The summed E-state index contributed by atoms with van der Waals surface area (Å²) in [5, 5.41) is 0.692. The molecule has 0 atom stereocenters. The average Bonchev–Trinajstić information content (AvgIpc) is 2.33. The minimum absolute atomic E-state index is 0.491. The number of benzene rings is 2. The smallest absolute Gasteiger partial charge is 0.131 e. The quantitative estimate of drug-likeness (QED) is 0.635. The fraction of sp³-hybridized carbons (Fsp3) is 0.0714. The molecule has 0 saturated carbocycles. The summed E-state index contributed by atoms with van der Waals surface area (Å²) < 4.78 is 0. The van der Waals surface area contributed by atoms with Crippen LogP contribution in [0.25, 0.3) is 0 Å². The van der Waals surface area contributed by atoms with Crippen molar-refractivity contribution in [1.82, 2.24) is 0 Å². The molecule has 0 radical (unpaired) electrons. The largest absolute Gasteiger partial charge is 0.383 e. The molecular formula is C14H13ClN2. The van der Waals surface area contributed by atoms with E-state index in [9.17, 15) is 0 Å². The van der Waals surface area contributed by atoms with Crippen molar-refractivity contribution in [3.8, 4) is 0 Å². The molecule has 0 aliphatic carbocycles. The molecule has 0 spiro atoms. The number of nitrogens with zero attached hydrogens (tertiary/aromatic N) is 1. The van der Waals surface area contributed by atoms with Crippen LogP contribution in [-0.2, 0) is 0 Å². The Morgan fingerprint density at radius 3 is 2.18 bits per heavy atom. The highest BCUT2D eigenvalue weighted by Crippen LogP contribution is 2.15. The third-order valence-electron chi connectivity index (χ3n) is 2.42. The van der Waals surface area contributed by atoms with E-state index in [-0.39, 0.29) is 0 Å². The molecule has 2 aromatic carbocycles. The Bertz CT molecular complexity index is 527. The molecule has 3 heteroatoms. The lowest BCUT2D eigenvalue weighted by atomic mass is 10.2. The second kappa shape index (κ2) is 5.02. The molecule has 0 aromatic heterocycles. The fourth-order valence-corrected chi connectivity index (χ4v) is 1.57. The number of aliphatic imine (C=N–C) groups is 1. The van der Waals surface area contributed by atoms with Gasteiger partial charge in [0.1, 0.15) is 5.84 Å². The van der Waals surface area contributed by atoms with Crippen LogP contribution in [0, 0.1) is 6.92 Å². The summed E-state index contributed by atoms with van der Waals surface area (Å²) in [6.07, 6.45) is 0. The maximum absolute atomic E-state index is 5.92. The molecule has 0 aliphatic heterocycles. The Kier molecular flexibility index (Phi) is 3.45. The Morgan fingerprint density at radius 2 is 1.59 bits per heavy atom. The molecule has 0 saturated heterocycles. The van der Waals surface area contributed by atoms with E-state index in [2.05, 4.69) is 4.99 Å². The van der Waals surface area contributed by atoms with E-state index in [0.717, 1.165) is 11.3 Å². The Balaban J connectivity index is 2.27. The third-order valence-corrected chi connectivity index (χ3v) is 2.68. The van der Waals surface area contributed by atoms with Crippen molar-refractivity contribution in [1.29, 1.82) is 0 Å². The van der Waals surface area contributed by atoms with E-state index in [0.29, 0.717) is 10.9 Å². The van der Waals surface area contributed by atoms with Gasteiger partial charge in [0, 0.05) is 10.6 Å². The van der Waals surface area contributed by atoms with E-state index in [1.54, 1.807) is 12.1 Å². The first-order chi connectivity index (χ1) is 8.15. The highest BCUT2D eigenvalue weighted by atomic mass is 35.5. The van der Waals surface area contributed by atoms with Gasteiger partial charge in [-0.3, -0.25) is 0 Å². The number of nitrogens with two attached hydrogens (primary N) is 1. The zero-order valence-corrected chi connectivity index (χ0v) is 10.3. The molecule has 2 aromatic rings. The minimum Gasteiger partial charge on any atom is -0.383 e. The lowest BCUT2D eigenvalue weighted by Gasteiger charge is -2.01. The van der Waals surface area contributed by atoms with Crippen LogP contribution in [0.5, 0.6) is 0 Å². The maximum Gasteiger partial charge on any atom is 0.131 e. The fourth-order valence-electron chi connectivity index (χ4n) is 1.44. The summed E-state index contributed by atoms with van der Waals surface area (Å²) in [5.41, 5.74) is 8.85. The van der Waals surface area contributed by atoms with Crippen LogP contribution in [-0.4, -0.2) is 5.84 Å². The van der Waals surface area contributed by atoms with E-state index in [1.165, 1.54) is 5.56 Å². The summed E-state index contributed by atoms with van der Waals surface area (Å²) in [7, 11) is 0. The second-order valence-electron chi connectivity index (χ2n) is 3.84. The van der Waals surface area contributed by atoms with Crippen molar-refractivity contribution in [2.24, 2.45) is 10.7 Å². The van der Waals surface area contributed by atoms with Gasteiger partial charge >= 0.3 is 0 Å². The minimum atomic E-state index is 0.491. The first-order valence-corrected chi connectivity index (χ1v) is 5.70. The predicted octanol–water partition coefficient (Wildman–Crippen LogP) is 3.69. The molecule has 86 valence electrons. The predicted molar refractivity (Wildman–Crippen MR) is 73.0 cm³/mol. The monoisotopic (exact) mass is 244 g/mol. The van der Waals surface area contributed by atoms with Gasteiger partial charge < -0.3 is 5.73 Å². The van der Waals surface area contributed by atoms with Crippen LogP contribution < -0.4 is 5.73 Å². The van der Waals surface area contributed by atoms with Crippen LogP contribution in [0.4, 0.5) is 5.69 Å². The van der Waals surface area contributed by atoms with Crippen molar-refractivity contribution in [3.05, 3.63) is 64.7 Å². The van der Waals surface area contributed by atoms with Crippen LogP contribution in [0.1, 0.15) is 11.1 Å². The number of rotatable bonds is 2. The Labute approximate surface area is 106 Å². The highest BCUT2D eigenvalue weighted by Gasteiger charge is 1.98. The van der Waals surface area contributed by atoms with Gasteiger partial charge in [0.05, 0.1) is 5.69 Å². The zero-order chi connectivity index (χ0) is 12.3. The first-order valence-electron chi connectivity index (χ1n) is 5.32. The van der Waals surface area contributed by atoms with E-state index >= 15 is 0 Å². The summed E-state index contributed by atoms with van der Waals surface area (Å²) in [4.78, 5) is 4.35. The van der Waals surface area contributed by atoms with Gasteiger partial charge in [0.25, 0.3) is 0 Å².